The molecular weight excluding hydrogens is 162 g/mol. The van der Waals surface area contributed by atoms with Crippen molar-refractivity contribution >= 4 is 6.21 Å². The highest BCUT2D eigenvalue weighted by Crippen LogP contribution is 1.99. The van der Waals surface area contributed by atoms with Crippen molar-refractivity contribution in [1.29, 1.82) is 0 Å². The molecule has 0 saturated heterocycles. The molecule has 0 amide bonds. The van der Waals surface area contributed by atoms with Crippen LogP contribution in [0.15, 0.2) is 35.3 Å². The van der Waals surface area contributed by atoms with E-state index in [4.69, 9.17) is 0 Å². The van der Waals surface area contributed by atoms with Crippen LogP contribution in [0.3, 0.4) is 0 Å². The van der Waals surface area contributed by atoms with Gasteiger partial charge in [0.2, 0.25) is 0 Å². The van der Waals surface area contributed by atoms with Crippen LogP contribution in [-0.4, -0.2) is 23.5 Å². The Kier molecular flexibility index (Phi) is 3.65. The lowest BCUT2D eigenvalue weighted by Crippen LogP contribution is -2.16. The molecule has 0 aliphatic rings. The molecule has 0 fully saturated rings. The molecule has 0 saturated carbocycles. The van der Waals surface area contributed by atoms with Gasteiger partial charge in [0.05, 0.1) is 12.1 Å². The number of benzene rings is 1. The normalized spacial score (nSPS) is 15.9. The summed E-state index contributed by atoms with van der Waals surface area (Å²) >= 11 is 0. The molecule has 0 radical (unpaired) electrons. The van der Waals surface area contributed by atoms with E-state index < -0.39 is 0 Å². The van der Waals surface area contributed by atoms with Crippen molar-refractivity contribution in [3.05, 3.63) is 35.9 Å². The third-order valence-corrected chi connectivity index (χ3v) is 1.96. The summed E-state index contributed by atoms with van der Waals surface area (Å²) in [5.74, 6) is 0. The van der Waals surface area contributed by atoms with Gasteiger partial charge in [0.1, 0.15) is 0 Å². The molecule has 1 N–H and O–H groups in total. The first-order chi connectivity index (χ1) is 6.20. The fraction of sp³-hybridized carbons (Fsp3) is 0.364. The first-order valence-corrected chi connectivity index (χ1v) is 4.46. The molecule has 13 heavy (non-hydrogen) atoms. The van der Waals surface area contributed by atoms with Crippen LogP contribution >= 0.6 is 0 Å². The standard InChI is InChI=1S/C11H15NO/c1-9(10(2)13)12-8-11-6-4-3-5-7-11/h3-10,13H,1-2H3/t9-,10-/m0/s1. The van der Waals surface area contributed by atoms with Gasteiger partial charge in [-0.25, -0.2) is 0 Å². The van der Waals surface area contributed by atoms with Crippen molar-refractivity contribution in [3.63, 3.8) is 0 Å². The zero-order valence-electron chi connectivity index (χ0n) is 8.01. The van der Waals surface area contributed by atoms with E-state index in [0.29, 0.717) is 0 Å². The molecule has 1 aromatic rings. The molecule has 0 unspecified atom stereocenters. The number of aliphatic hydroxyl groups excluding tert-OH is 1. The molecule has 2 nitrogen and oxygen atoms in total. The number of nitrogens with zero attached hydrogens (tertiary/aromatic N) is 1. The van der Waals surface area contributed by atoms with Crippen molar-refractivity contribution in [2.75, 3.05) is 0 Å². The molecule has 2 atom stereocenters. The minimum absolute atomic E-state index is 0.0415. The fourth-order valence-corrected chi connectivity index (χ4v) is 0.867. The average Bonchev–Trinajstić information content (AvgIpc) is 2.15. The lowest BCUT2D eigenvalue weighted by atomic mass is 10.2. The second kappa shape index (κ2) is 4.77. The molecule has 1 aromatic carbocycles. The molecule has 2 heteroatoms. The summed E-state index contributed by atoms with van der Waals surface area (Å²) in [5, 5.41) is 9.19. The molecule has 0 aliphatic carbocycles. The van der Waals surface area contributed by atoms with E-state index in [2.05, 4.69) is 4.99 Å². The second-order valence-electron chi connectivity index (χ2n) is 3.17. The Morgan fingerprint density at radius 1 is 1.23 bits per heavy atom. The lowest BCUT2D eigenvalue weighted by Gasteiger charge is -2.07. The highest BCUT2D eigenvalue weighted by Gasteiger charge is 2.03. The van der Waals surface area contributed by atoms with E-state index >= 15 is 0 Å². The lowest BCUT2D eigenvalue weighted by molar-refractivity contribution is 0.171. The van der Waals surface area contributed by atoms with Crippen LogP contribution in [0, 0.1) is 0 Å². The Labute approximate surface area is 78.9 Å². The maximum atomic E-state index is 9.19. The van der Waals surface area contributed by atoms with Gasteiger partial charge < -0.3 is 5.11 Å². The van der Waals surface area contributed by atoms with Gasteiger partial charge in [0.25, 0.3) is 0 Å². The SMILES string of the molecule is C[C@H](O)[C@H](C)N=Cc1ccccc1. The van der Waals surface area contributed by atoms with E-state index in [1.165, 1.54) is 0 Å². The highest BCUT2D eigenvalue weighted by atomic mass is 16.3. The average molecular weight is 177 g/mol. The minimum Gasteiger partial charge on any atom is -0.391 e. The summed E-state index contributed by atoms with van der Waals surface area (Å²) < 4.78 is 0. The van der Waals surface area contributed by atoms with Gasteiger partial charge in [-0.1, -0.05) is 30.3 Å². The van der Waals surface area contributed by atoms with Gasteiger partial charge in [-0.05, 0) is 19.4 Å². The van der Waals surface area contributed by atoms with E-state index in [9.17, 15) is 5.11 Å². The predicted octanol–water partition coefficient (Wildman–Crippen LogP) is 1.87. The monoisotopic (exact) mass is 177 g/mol. The van der Waals surface area contributed by atoms with Crippen LogP contribution in [0.5, 0.6) is 0 Å². The maximum absolute atomic E-state index is 9.19. The molecule has 70 valence electrons. The molecule has 0 spiro atoms. The van der Waals surface area contributed by atoms with Crippen LogP contribution in [0.25, 0.3) is 0 Å². The number of hydrogen-bond acceptors (Lipinski definition) is 2. The van der Waals surface area contributed by atoms with Gasteiger partial charge in [-0.3, -0.25) is 4.99 Å². The Hall–Kier alpha value is -1.15. The van der Waals surface area contributed by atoms with Crippen LogP contribution in [0.1, 0.15) is 19.4 Å². The summed E-state index contributed by atoms with van der Waals surface area (Å²) in [6.07, 6.45) is 1.40. The maximum Gasteiger partial charge on any atom is 0.0732 e. The van der Waals surface area contributed by atoms with E-state index in [1.54, 1.807) is 13.1 Å². The summed E-state index contributed by atoms with van der Waals surface area (Å²) in [6.45, 7) is 3.64. The van der Waals surface area contributed by atoms with Crippen molar-refractivity contribution < 1.29 is 5.11 Å². The number of aliphatic hydroxyl groups is 1. The second-order valence-corrected chi connectivity index (χ2v) is 3.17. The van der Waals surface area contributed by atoms with Gasteiger partial charge in [0.15, 0.2) is 0 Å². The largest absolute Gasteiger partial charge is 0.391 e. The smallest absolute Gasteiger partial charge is 0.0732 e. The minimum atomic E-state index is -0.389. The van der Waals surface area contributed by atoms with E-state index in [-0.39, 0.29) is 12.1 Å². The van der Waals surface area contributed by atoms with Gasteiger partial charge in [-0.15, -0.1) is 0 Å². The van der Waals surface area contributed by atoms with Gasteiger partial charge >= 0.3 is 0 Å². The Balaban J connectivity index is 2.59. The van der Waals surface area contributed by atoms with Crippen LogP contribution < -0.4 is 0 Å². The van der Waals surface area contributed by atoms with Crippen molar-refractivity contribution in [3.8, 4) is 0 Å². The van der Waals surface area contributed by atoms with E-state index in [1.807, 2.05) is 37.3 Å². The summed E-state index contributed by atoms with van der Waals surface area (Å²) in [4.78, 5) is 4.22. The van der Waals surface area contributed by atoms with Crippen molar-refractivity contribution in [1.82, 2.24) is 0 Å². The third kappa shape index (κ3) is 3.38. The molecule has 0 heterocycles. The van der Waals surface area contributed by atoms with Crippen LogP contribution in [0.4, 0.5) is 0 Å². The van der Waals surface area contributed by atoms with Gasteiger partial charge in [-0.2, -0.15) is 0 Å². The quantitative estimate of drug-likeness (QED) is 0.702. The summed E-state index contributed by atoms with van der Waals surface area (Å²) in [7, 11) is 0. The van der Waals surface area contributed by atoms with E-state index in [0.717, 1.165) is 5.56 Å². The third-order valence-electron chi connectivity index (χ3n) is 1.96. The van der Waals surface area contributed by atoms with Gasteiger partial charge in [0, 0.05) is 6.21 Å². The number of hydrogen-bond donors (Lipinski definition) is 1. The van der Waals surface area contributed by atoms with Crippen molar-refractivity contribution in [2.24, 2.45) is 4.99 Å². The topological polar surface area (TPSA) is 32.6 Å². The molecule has 0 bridgehead atoms. The van der Waals surface area contributed by atoms with Crippen molar-refractivity contribution in [2.45, 2.75) is 26.0 Å². The Morgan fingerprint density at radius 2 is 1.85 bits per heavy atom. The fourth-order valence-electron chi connectivity index (χ4n) is 0.867. The Bertz CT molecular complexity index is 267. The number of aliphatic imine (C=N–C) groups is 1. The number of rotatable bonds is 3. The molecular formula is C11H15NO. The zero-order chi connectivity index (χ0) is 9.68. The summed E-state index contributed by atoms with van der Waals surface area (Å²) in [6, 6.07) is 9.83. The zero-order valence-corrected chi connectivity index (χ0v) is 8.01. The first-order valence-electron chi connectivity index (χ1n) is 4.46. The Morgan fingerprint density at radius 3 is 2.38 bits per heavy atom. The van der Waals surface area contributed by atoms with Crippen LogP contribution in [-0.2, 0) is 0 Å². The molecule has 0 aliphatic heterocycles. The summed E-state index contributed by atoms with van der Waals surface area (Å²) in [5.41, 5.74) is 1.06. The van der Waals surface area contributed by atoms with Crippen LogP contribution in [0.2, 0.25) is 0 Å². The highest BCUT2D eigenvalue weighted by molar-refractivity contribution is 5.79. The molecule has 1 rings (SSSR count). The first kappa shape index (κ1) is 9.93. The molecule has 0 aromatic heterocycles. The predicted molar refractivity (Wildman–Crippen MR) is 55.2 cm³/mol.